The normalized spacial score (nSPS) is 16.8. The molecule has 0 atom stereocenters. The molecule has 142 valence electrons. The molecule has 1 aliphatic rings. The molecule has 0 aromatic carbocycles. The van der Waals surface area contributed by atoms with Gasteiger partial charge < -0.3 is 10.4 Å². The molecule has 1 saturated heterocycles. The molecule has 0 spiro atoms. The number of anilines is 1. The van der Waals surface area contributed by atoms with E-state index in [-0.39, 0.29) is 29.2 Å². The van der Waals surface area contributed by atoms with Crippen molar-refractivity contribution < 1.29 is 18.3 Å². The summed E-state index contributed by atoms with van der Waals surface area (Å²) in [7, 11) is 0. The summed E-state index contributed by atoms with van der Waals surface area (Å²) >= 11 is 2.67. The zero-order valence-electron chi connectivity index (χ0n) is 14.0. The van der Waals surface area contributed by atoms with E-state index in [9.17, 15) is 13.2 Å². The van der Waals surface area contributed by atoms with Crippen molar-refractivity contribution in [2.75, 3.05) is 24.7 Å². The summed E-state index contributed by atoms with van der Waals surface area (Å²) in [5.41, 5.74) is -1.12. The number of aliphatic hydroxyl groups excluding tert-OH is 1. The monoisotopic (exact) mass is 405 g/mol. The third kappa shape index (κ3) is 4.45. The second-order valence-corrected chi connectivity index (χ2v) is 7.76. The average molecular weight is 405 g/mol. The van der Waals surface area contributed by atoms with Crippen LogP contribution in [0.2, 0.25) is 0 Å². The predicted molar refractivity (Wildman–Crippen MR) is 95.8 cm³/mol. The number of halogens is 3. The van der Waals surface area contributed by atoms with Gasteiger partial charge in [-0.15, -0.1) is 11.3 Å². The first kappa shape index (κ1) is 19.3. The third-order valence-corrected chi connectivity index (χ3v) is 5.93. The molecule has 2 N–H and O–H groups in total. The Hall–Kier alpha value is -1.43. The van der Waals surface area contributed by atoms with Crippen LogP contribution in [0.25, 0.3) is 10.6 Å². The van der Waals surface area contributed by atoms with Gasteiger partial charge in [0.05, 0.1) is 17.2 Å². The second-order valence-electron chi connectivity index (χ2n) is 5.76. The Balaban J connectivity index is 1.85. The molecule has 1 fully saturated rings. The van der Waals surface area contributed by atoms with Crippen LogP contribution in [0.5, 0.6) is 0 Å². The molecule has 0 radical (unpaired) electrons. The number of aliphatic hydroxyl groups is 1. The van der Waals surface area contributed by atoms with E-state index < -0.39 is 11.7 Å². The van der Waals surface area contributed by atoms with Crippen LogP contribution >= 0.6 is 23.3 Å². The van der Waals surface area contributed by atoms with E-state index in [0.717, 1.165) is 43.5 Å². The number of aromatic nitrogens is 3. The Labute approximate surface area is 157 Å². The highest BCUT2D eigenvalue weighted by atomic mass is 32.2. The molecular weight excluding hydrogens is 387 g/mol. The number of alkyl halides is 3. The minimum absolute atomic E-state index is 0.123. The molecule has 3 heterocycles. The van der Waals surface area contributed by atoms with Crippen LogP contribution in [0.1, 0.15) is 23.4 Å². The van der Waals surface area contributed by atoms with Gasteiger partial charge in [-0.2, -0.15) is 13.2 Å². The SMILES string of the molecule is CSN1CCC(Nc2ncc(C(F)(F)F)c(-c3cnc(CO)s3)n2)CC1. The van der Waals surface area contributed by atoms with Gasteiger partial charge in [0.2, 0.25) is 5.95 Å². The minimum atomic E-state index is -4.57. The first-order valence-electron chi connectivity index (χ1n) is 7.96. The molecule has 26 heavy (non-hydrogen) atoms. The molecule has 2 aromatic rings. The maximum absolute atomic E-state index is 13.3. The summed E-state index contributed by atoms with van der Waals surface area (Å²) in [6, 6.07) is 0.123. The fourth-order valence-corrected chi connectivity index (χ4v) is 4.06. The maximum atomic E-state index is 13.3. The van der Waals surface area contributed by atoms with Crippen LogP contribution in [-0.2, 0) is 12.8 Å². The average Bonchev–Trinajstić information content (AvgIpc) is 3.10. The first-order chi connectivity index (χ1) is 12.4. The van der Waals surface area contributed by atoms with E-state index in [4.69, 9.17) is 5.11 Å². The first-order valence-corrected chi connectivity index (χ1v) is 9.96. The summed E-state index contributed by atoms with van der Waals surface area (Å²) in [5, 5.41) is 12.6. The summed E-state index contributed by atoms with van der Waals surface area (Å²) in [6.07, 6.45) is 1.30. The molecule has 11 heteroatoms. The maximum Gasteiger partial charge on any atom is 0.420 e. The second kappa shape index (κ2) is 8.07. The van der Waals surface area contributed by atoms with E-state index in [2.05, 4.69) is 24.6 Å². The van der Waals surface area contributed by atoms with Gasteiger partial charge in [-0.05, 0) is 19.1 Å². The molecule has 0 unspecified atom stereocenters. The molecule has 6 nitrogen and oxygen atoms in total. The van der Waals surface area contributed by atoms with Crippen LogP contribution in [0.15, 0.2) is 12.4 Å². The highest BCUT2D eigenvalue weighted by molar-refractivity contribution is 7.96. The Bertz CT molecular complexity index is 747. The Morgan fingerprint density at radius 3 is 2.62 bits per heavy atom. The lowest BCUT2D eigenvalue weighted by molar-refractivity contribution is -0.137. The number of nitrogens with zero attached hydrogens (tertiary/aromatic N) is 4. The fraction of sp³-hybridized carbons (Fsp3) is 0.533. The van der Waals surface area contributed by atoms with Crippen molar-refractivity contribution in [1.29, 1.82) is 0 Å². The smallest absolute Gasteiger partial charge is 0.389 e. The van der Waals surface area contributed by atoms with Crippen molar-refractivity contribution in [3.8, 4) is 10.6 Å². The lowest BCUT2D eigenvalue weighted by atomic mass is 10.1. The largest absolute Gasteiger partial charge is 0.420 e. The Kier molecular flexibility index (Phi) is 6.00. The van der Waals surface area contributed by atoms with Gasteiger partial charge in [0.1, 0.15) is 10.6 Å². The van der Waals surface area contributed by atoms with Crippen LogP contribution in [-0.4, -0.2) is 49.8 Å². The van der Waals surface area contributed by atoms with Crippen LogP contribution < -0.4 is 5.32 Å². The predicted octanol–water partition coefficient (Wildman–Crippen LogP) is 3.27. The molecule has 0 bridgehead atoms. The van der Waals surface area contributed by atoms with Crippen molar-refractivity contribution in [1.82, 2.24) is 19.3 Å². The zero-order chi connectivity index (χ0) is 18.7. The number of hydrogen-bond donors (Lipinski definition) is 2. The lowest BCUT2D eigenvalue weighted by Crippen LogP contribution is -2.35. The van der Waals surface area contributed by atoms with Crippen molar-refractivity contribution >= 4 is 29.2 Å². The third-order valence-electron chi connectivity index (χ3n) is 4.06. The van der Waals surface area contributed by atoms with Gasteiger partial charge in [-0.3, -0.25) is 4.31 Å². The number of piperidine rings is 1. The number of rotatable bonds is 5. The quantitative estimate of drug-likeness (QED) is 0.740. The fourth-order valence-electron chi connectivity index (χ4n) is 2.70. The Morgan fingerprint density at radius 2 is 2.04 bits per heavy atom. The molecule has 0 saturated carbocycles. The van der Waals surface area contributed by atoms with Crippen molar-refractivity contribution in [3.05, 3.63) is 23.0 Å². The number of thiazole rings is 1. The van der Waals surface area contributed by atoms with Crippen LogP contribution in [0.4, 0.5) is 19.1 Å². The number of nitrogens with one attached hydrogen (secondary N) is 1. The van der Waals surface area contributed by atoms with Crippen molar-refractivity contribution in [2.45, 2.75) is 31.7 Å². The van der Waals surface area contributed by atoms with Crippen molar-refractivity contribution in [2.24, 2.45) is 0 Å². The summed E-state index contributed by atoms with van der Waals surface area (Å²) < 4.78 is 42.2. The highest BCUT2D eigenvalue weighted by Crippen LogP contribution is 2.38. The van der Waals surface area contributed by atoms with Gasteiger partial charge in [0.15, 0.2) is 0 Å². The zero-order valence-corrected chi connectivity index (χ0v) is 15.6. The molecule has 0 aliphatic carbocycles. The molecular formula is C15H18F3N5OS2. The van der Waals surface area contributed by atoms with Gasteiger partial charge in [-0.25, -0.2) is 15.0 Å². The summed E-state index contributed by atoms with van der Waals surface area (Å²) in [5.74, 6) is 0.176. The Morgan fingerprint density at radius 1 is 1.31 bits per heavy atom. The molecule has 0 amide bonds. The molecule has 3 rings (SSSR count). The number of hydrogen-bond acceptors (Lipinski definition) is 8. The van der Waals surface area contributed by atoms with Gasteiger partial charge in [-0.1, -0.05) is 11.9 Å². The van der Waals surface area contributed by atoms with E-state index in [1.54, 1.807) is 11.9 Å². The summed E-state index contributed by atoms with van der Waals surface area (Å²) in [6.45, 7) is 1.48. The van der Waals surface area contributed by atoms with Crippen LogP contribution in [0, 0.1) is 0 Å². The molecule has 2 aromatic heterocycles. The van der Waals surface area contributed by atoms with Gasteiger partial charge in [0.25, 0.3) is 0 Å². The standard InChI is InChI=1S/C15H18F3N5OS2/c1-25-23-4-2-9(3-5-23)21-14-20-6-10(15(16,17)18)13(22-14)11-7-19-12(8-24)26-11/h6-7,9,24H,2-5,8H2,1H3,(H,20,21,22). The van der Waals surface area contributed by atoms with E-state index in [1.807, 2.05) is 6.26 Å². The summed E-state index contributed by atoms with van der Waals surface area (Å²) in [4.78, 5) is 12.1. The van der Waals surface area contributed by atoms with E-state index in [0.29, 0.717) is 5.01 Å². The minimum Gasteiger partial charge on any atom is -0.389 e. The highest BCUT2D eigenvalue weighted by Gasteiger charge is 2.36. The van der Waals surface area contributed by atoms with E-state index in [1.165, 1.54) is 6.20 Å². The van der Waals surface area contributed by atoms with Gasteiger partial charge >= 0.3 is 6.18 Å². The molecule has 1 aliphatic heterocycles. The van der Waals surface area contributed by atoms with Crippen LogP contribution in [0.3, 0.4) is 0 Å². The van der Waals surface area contributed by atoms with E-state index >= 15 is 0 Å². The lowest BCUT2D eigenvalue weighted by Gasteiger charge is -2.30. The van der Waals surface area contributed by atoms with Crippen molar-refractivity contribution in [3.63, 3.8) is 0 Å². The van der Waals surface area contributed by atoms with Gasteiger partial charge in [0, 0.05) is 31.5 Å². The topological polar surface area (TPSA) is 74.2 Å².